The molecule has 2 aromatic rings. The molecule has 2 rings (SSSR count). The van der Waals surface area contributed by atoms with Crippen molar-refractivity contribution in [2.24, 2.45) is 0 Å². The molecular weight excluding hydrogens is 223 g/mol. The van der Waals surface area contributed by atoms with Gasteiger partial charge in [0.1, 0.15) is 0 Å². The van der Waals surface area contributed by atoms with E-state index in [1.807, 2.05) is 0 Å². The molecule has 0 spiro atoms. The van der Waals surface area contributed by atoms with E-state index in [0.29, 0.717) is 0 Å². The van der Waals surface area contributed by atoms with Gasteiger partial charge in [0.15, 0.2) is 0 Å². The topological polar surface area (TPSA) is 0 Å². The van der Waals surface area contributed by atoms with Crippen LogP contribution in [0.15, 0.2) is 60.7 Å². The van der Waals surface area contributed by atoms with E-state index in [2.05, 4.69) is 60.7 Å². The van der Waals surface area contributed by atoms with Gasteiger partial charge in [0.2, 0.25) is 0 Å². The van der Waals surface area contributed by atoms with Gasteiger partial charge in [-0.3, -0.25) is 0 Å². The standard InChI is InChI=1S/C12H11Se/c1-3-7-11(8-4-1)13-12-9-5-2-6-10-12/h1-10,13H. The van der Waals surface area contributed by atoms with E-state index in [-0.39, 0.29) is 15.0 Å². The minimum atomic E-state index is 0.177. The first-order chi connectivity index (χ1) is 6.45. The molecule has 0 N–H and O–H groups in total. The van der Waals surface area contributed by atoms with Crippen LogP contribution in [-0.4, -0.2) is 15.0 Å². The Morgan fingerprint density at radius 2 is 0.923 bits per heavy atom. The first kappa shape index (κ1) is 8.55. The van der Waals surface area contributed by atoms with Crippen LogP contribution in [0.3, 0.4) is 0 Å². The normalized spacial score (nSPS) is 9.85. The first-order valence-corrected chi connectivity index (χ1v) is 6.15. The molecular formula is C12H11Se. The fourth-order valence-corrected chi connectivity index (χ4v) is 3.13. The van der Waals surface area contributed by atoms with Gasteiger partial charge in [-0.15, -0.1) is 0 Å². The second-order valence-corrected chi connectivity index (χ2v) is 5.42. The van der Waals surface area contributed by atoms with E-state index < -0.39 is 0 Å². The maximum absolute atomic E-state index is 2.20. The van der Waals surface area contributed by atoms with Gasteiger partial charge < -0.3 is 0 Å². The summed E-state index contributed by atoms with van der Waals surface area (Å²) in [4.78, 5) is 0. The zero-order valence-corrected chi connectivity index (χ0v) is 9.10. The van der Waals surface area contributed by atoms with Gasteiger partial charge in [-0.1, -0.05) is 0 Å². The second kappa shape index (κ2) is 4.27. The van der Waals surface area contributed by atoms with Gasteiger partial charge in [-0.25, -0.2) is 0 Å². The van der Waals surface area contributed by atoms with Crippen LogP contribution in [0.2, 0.25) is 0 Å². The molecule has 0 aromatic heterocycles. The molecule has 2 aromatic carbocycles. The Hall–Kier alpha value is -1.04. The Labute approximate surface area is 84.8 Å². The monoisotopic (exact) mass is 235 g/mol. The van der Waals surface area contributed by atoms with Gasteiger partial charge in [-0.2, -0.15) is 0 Å². The molecule has 1 heteroatoms. The van der Waals surface area contributed by atoms with Gasteiger partial charge >= 0.3 is 84.5 Å². The van der Waals surface area contributed by atoms with Crippen molar-refractivity contribution >= 4 is 23.9 Å². The van der Waals surface area contributed by atoms with Gasteiger partial charge in [0.05, 0.1) is 0 Å². The van der Waals surface area contributed by atoms with Crippen LogP contribution in [0.25, 0.3) is 0 Å². The Kier molecular flexibility index (Phi) is 2.81. The van der Waals surface area contributed by atoms with Crippen LogP contribution in [0.4, 0.5) is 0 Å². The van der Waals surface area contributed by atoms with Crippen LogP contribution < -0.4 is 8.92 Å². The molecule has 0 aliphatic heterocycles. The summed E-state index contributed by atoms with van der Waals surface area (Å²) in [6.07, 6.45) is 0. The quantitative estimate of drug-likeness (QED) is 0.682. The average Bonchev–Trinajstić information content (AvgIpc) is 2.21. The zero-order chi connectivity index (χ0) is 8.93. The van der Waals surface area contributed by atoms with Crippen molar-refractivity contribution in [1.82, 2.24) is 0 Å². The summed E-state index contributed by atoms with van der Waals surface area (Å²) in [7, 11) is 0. The van der Waals surface area contributed by atoms with Gasteiger partial charge in [0, 0.05) is 0 Å². The van der Waals surface area contributed by atoms with Crippen molar-refractivity contribution in [2.45, 2.75) is 0 Å². The molecule has 0 unspecified atom stereocenters. The third-order valence-electron chi connectivity index (χ3n) is 1.77. The van der Waals surface area contributed by atoms with E-state index >= 15 is 0 Å². The van der Waals surface area contributed by atoms with Crippen LogP contribution in [0.5, 0.6) is 0 Å². The second-order valence-electron chi connectivity index (χ2n) is 2.78. The average molecular weight is 234 g/mol. The molecule has 0 amide bonds. The van der Waals surface area contributed by atoms with Crippen LogP contribution in [-0.2, 0) is 0 Å². The molecule has 0 aliphatic carbocycles. The molecule has 0 aliphatic rings. The SMILES string of the molecule is c1ccc([SeH]c2ccccc2)cc1. The number of hydrogen-bond acceptors (Lipinski definition) is 0. The van der Waals surface area contributed by atoms with Crippen molar-refractivity contribution in [1.29, 1.82) is 0 Å². The zero-order valence-electron chi connectivity index (χ0n) is 7.22. The Morgan fingerprint density at radius 1 is 0.538 bits per heavy atom. The third kappa shape index (κ3) is 2.45. The molecule has 0 heterocycles. The maximum atomic E-state index is 2.20. The van der Waals surface area contributed by atoms with Crippen molar-refractivity contribution in [2.75, 3.05) is 0 Å². The Bertz CT molecular complexity index is 316. The molecule has 13 heavy (non-hydrogen) atoms. The Morgan fingerprint density at radius 3 is 1.31 bits per heavy atom. The van der Waals surface area contributed by atoms with Crippen molar-refractivity contribution in [3.63, 3.8) is 0 Å². The number of rotatable bonds is 2. The summed E-state index contributed by atoms with van der Waals surface area (Å²) in [5, 5.41) is 0. The van der Waals surface area contributed by atoms with Crippen molar-refractivity contribution in [3.05, 3.63) is 60.7 Å². The molecule has 0 saturated heterocycles. The fraction of sp³-hybridized carbons (Fsp3) is 0. The summed E-state index contributed by atoms with van der Waals surface area (Å²) in [6.45, 7) is 0. The summed E-state index contributed by atoms with van der Waals surface area (Å²) < 4.78 is 2.93. The molecule has 1 radical (unpaired) electrons. The van der Waals surface area contributed by atoms with Crippen LogP contribution >= 0.6 is 0 Å². The predicted molar refractivity (Wildman–Crippen MR) is 59.3 cm³/mol. The fourth-order valence-electron chi connectivity index (χ4n) is 1.15. The molecule has 65 valence electrons. The van der Waals surface area contributed by atoms with E-state index in [1.165, 1.54) is 8.92 Å². The van der Waals surface area contributed by atoms with E-state index in [0.717, 1.165) is 0 Å². The van der Waals surface area contributed by atoms with Crippen LogP contribution in [0.1, 0.15) is 0 Å². The minimum absolute atomic E-state index is 0.177. The van der Waals surface area contributed by atoms with E-state index in [1.54, 1.807) is 0 Å². The van der Waals surface area contributed by atoms with Crippen LogP contribution in [0, 0.1) is 0 Å². The van der Waals surface area contributed by atoms with Crippen molar-refractivity contribution in [3.8, 4) is 0 Å². The predicted octanol–water partition coefficient (Wildman–Crippen LogP) is 1.07. The summed E-state index contributed by atoms with van der Waals surface area (Å²) in [5.41, 5.74) is 0. The first-order valence-electron chi connectivity index (χ1n) is 4.27. The van der Waals surface area contributed by atoms with Gasteiger partial charge in [0.25, 0.3) is 0 Å². The summed E-state index contributed by atoms with van der Waals surface area (Å²) in [6, 6.07) is 21.4. The molecule has 0 saturated carbocycles. The molecule has 0 atom stereocenters. The summed E-state index contributed by atoms with van der Waals surface area (Å²) in [5.74, 6) is 0. The number of hydrogen-bond donors (Lipinski definition) is 0. The van der Waals surface area contributed by atoms with E-state index in [4.69, 9.17) is 0 Å². The third-order valence-corrected chi connectivity index (χ3v) is 4.11. The Balaban J connectivity index is 2.16. The summed E-state index contributed by atoms with van der Waals surface area (Å²) >= 11 is 0.177. The molecule has 0 nitrogen and oxygen atoms in total. The van der Waals surface area contributed by atoms with Crippen molar-refractivity contribution < 1.29 is 0 Å². The molecule has 0 fully saturated rings. The van der Waals surface area contributed by atoms with E-state index in [9.17, 15) is 0 Å². The number of benzene rings is 2. The van der Waals surface area contributed by atoms with Gasteiger partial charge in [-0.05, 0) is 0 Å². The molecule has 0 bridgehead atoms.